The lowest BCUT2D eigenvalue weighted by molar-refractivity contribution is 0.0952. The number of amides is 1. The molecule has 1 heterocycles. The number of nitrogens with zero attached hydrogens (tertiary/aromatic N) is 1. The van der Waals surface area contributed by atoms with Crippen LogP contribution in [-0.4, -0.2) is 25.5 Å². The fourth-order valence-electron chi connectivity index (χ4n) is 3.27. The number of hydrogen-bond donors (Lipinski definition) is 1. The summed E-state index contributed by atoms with van der Waals surface area (Å²) in [5, 5.41) is 3.02. The van der Waals surface area contributed by atoms with Crippen molar-refractivity contribution in [1.29, 1.82) is 0 Å². The van der Waals surface area contributed by atoms with Gasteiger partial charge in [-0.1, -0.05) is 30.3 Å². The molecule has 24 heavy (non-hydrogen) atoms. The molecule has 0 aromatic heterocycles. The molecule has 1 aliphatic rings. The number of carbonyl (C=O) groups is 1. The normalized spacial score (nSPS) is 14.0. The lowest BCUT2D eigenvalue weighted by Gasteiger charge is -2.17. The van der Waals surface area contributed by atoms with Crippen LogP contribution >= 0.6 is 0 Å². The summed E-state index contributed by atoms with van der Waals surface area (Å²) in [7, 11) is 0. The van der Waals surface area contributed by atoms with Gasteiger partial charge in [0.15, 0.2) is 0 Å². The molecule has 3 rings (SSSR count). The van der Waals surface area contributed by atoms with Crippen LogP contribution < -0.4 is 10.2 Å². The van der Waals surface area contributed by atoms with Crippen LogP contribution in [0.15, 0.2) is 48.5 Å². The van der Waals surface area contributed by atoms with Gasteiger partial charge in [-0.05, 0) is 61.9 Å². The van der Waals surface area contributed by atoms with Crippen molar-refractivity contribution >= 4 is 11.6 Å². The standard InChI is InChI=1S/C21H26N2O/c1-17-7-2-3-9-20(17)21(24)22-14-6-8-18-10-12-19(13-11-18)23-15-4-5-16-23/h2-3,7,9-13H,4-6,8,14-16H2,1H3,(H,22,24). The van der Waals surface area contributed by atoms with Crippen molar-refractivity contribution in [3.63, 3.8) is 0 Å². The summed E-state index contributed by atoms with van der Waals surface area (Å²) < 4.78 is 0. The average Bonchev–Trinajstić information content (AvgIpc) is 3.14. The lowest BCUT2D eigenvalue weighted by atomic mass is 10.1. The van der Waals surface area contributed by atoms with Gasteiger partial charge in [-0.25, -0.2) is 0 Å². The number of carbonyl (C=O) groups excluding carboxylic acids is 1. The maximum absolute atomic E-state index is 12.2. The van der Waals surface area contributed by atoms with Crippen molar-refractivity contribution in [3.05, 3.63) is 65.2 Å². The zero-order chi connectivity index (χ0) is 16.8. The molecule has 1 fully saturated rings. The third-order valence-corrected chi connectivity index (χ3v) is 4.73. The van der Waals surface area contributed by atoms with Gasteiger partial charge in [0, 0.05) is 30.9 Å². The van der Waals surface area contributed by atoms with Gasteiger partial charge in [-0.2, -0.15) is 0 Å². The molecule has 0 bridgehead atoms. The Morgan fingerprint density at radius 3 is 2.46 bits per heavy atom. The maximum Gasteiger partial charge on any atom is 0.251 e. The van der Waals surface area contributed by atoms with Crippen LogP contribution in [0.25, 0.3) is 0 Å². The quantitative estimate of drug-likeness (QED) is 0.817. The van der Waals surface area contributed by atoms with Crippen LogP contribution in [-0.2, 0) is 6.42 Å². The molecule has 0 unspecified atom stereocenters. The van der Waals surface area contributed by atoms with Crippen LogP contribution in [0.1, 0.15) is 40.7 Å². The summed E-state index contributed by atoms with van der Waals surface area (Å²) in [5.74, 6) is 0.0254. The van der Waals surface area contributed by atoms with Crippen molar-refractivity contribution < 1.29 is 4.79 Å². The Hall–Kier alpha value is -2.29. The van der Waals surface area contributed by atoms with Gasteiger partial charge in [0.2, 0.25) is 0 Å². The highest BCUT2D eigenvalue weighted by Crippen LogP contribution is 2.20. The SMILES string of the molecule is Cc1ccccc1C(=O)NCCCc1ccc(N2CCCC2)cc1. The topological polar surface area (TPSA) is 32.3 Å². The Morgan fingerprint density at radius 2 is 1.75 bits per heavy atom. The van der Waals surface area contributed by atoms with Crippen LogP contribution in [0.2, 0.25) is 0 Å². The zero-order valence-electron chi connectivity index (χ0n) is 14.4. The minimum atomic E-state index is 0.0254. The van der Waals surface area contributed by atoms with Crippen LogP contribution in [0.3, 0.4) is 0 Å². The van der Waals surface area contributed by atoms with Crippen molar-refractivity contribution in [2.24, 2.45) is 0 Å². The second-order valence-corrected chi connectivity index (χ2v) is 6.53. The van der Waals surface area contributed by atoms with Crippen LogP contribution in [0, 0.1) is 6.92 Å². The fourth-order valence-corrected chi connectivity index (χ4v) is 3.27. The summed E-state index contributed by atoms with van der Waals surface area (Å²) in [6.07, 6.45) is 4.57. The van der Waals surface area contributed by atoms with Crippen molar-refractivity contribution in [1.82, 2.24) is 5.32 Å². The second kappa shape index (κ2) is 8.00. The molecule has 0 aliphatic carbocycles. The minimum absolute atomic E-state index is 0.0254. The van der Waals surface area contributed by atoms with Gasteiger partial charge in [0.25, 0.3) is 5.91 Å². The van der Waals surface area contributed by atoms with Crippen molar-refractivity contribution in [2.45, 2.75) is 32.6 Å². The van der Waals surface area contributed by atoms with E-state index < -0.39 is 0 Å². The van der Waals surface area contributed by atoms with E-state index in [1.165, 1.54) is 37.2 Å². The molecule has 2 aromatic carbocycles. The van der Waals surface area contributed by atoms with Gasteiger partial charge < -0.3 is 10.2 Å². The molecule has 2 aromatic rings. The molecule has 1 aliphatic heterocycles. The average molecular weight is 322 g/mol. The monoisotopic (exact) mass is 322 g/mol. The minimum Gasteiger partial charge on any atom is -0.372 e. The highest BCUT2D eigenvalue weighted by Gasteiger charge is 2.11. The molecular weight excluding hydrogens is 296 g/mol. The number of anilines is 1. The van der Waals surface area contributed by atoms with Gasteiger partial charge in [0.05, 0.1) is 0 Å². The molecule has 126 valence electrons. The molecule has 3 nitrogen and oxygen atoms in total. The molecule has 0 spiro atoms. The second-order valence-electron chi connectivity index (χ2n) is 6.53. The van der Waals surface area contributed by atoms with E-state index in [9.17, 15) is 4.79 Å². The van der Waals surface area contributed by atoms with Gasteiger partial charge >= 0.3 is 0 Å². The fraction of sp³-hybridized carbons (Fsp3) is 0.381. The van der Waals surface area contributed by atoms with Gasteiger partial charge in [0.1, 0.15) is 0 Å². The third-order valence-electron chi connectivity index (χ3n) is 4.73. The van der Waals surface area contributed by atoms with Crippen LogP contribution in [0.4, 0.5) is 5.69 Å². The zero-order valence-corrected chi connectivity index (χ0v) is 14.4. The van der Waals surface area contributed by atoms with E-state index in [-0.39, 0.29) is 5.91 Å². The smallest absolute Gasteiger partial charge is 0.251 e. The molecule has 1 amide bonds. The Morgan fingerprint density at radius 1 is 1.04 bits per heavy atom. The van der Waals surface area contributed by atoms with E-state index in [2.05, 4.69) is 34.5 Å². The largest absolute Gasteiger partial charge is 0.372 e. The highest BCUT2D eigenvalue weighted by atomic mass is 16.1. The lowest BCUT2D eigenvalue weighted by Crippen LogP contribution is -2.25. The van der Waals surface area contributed by atoms with E-state index in [1.807, 2.05) is 31.2 Å². The Bertz CT molecular complexity index is 672. The molecule has 1 N–H and O–H groups in total. The predicted octanol–water partition coefficient (Wildman–Crippen LogP) is 3.96. The van der Waals surface area contributed by atoms with Crippen LogP contribution in [0.5, 0.6) is 0 Å². The number of benzene rings is 2. The van der Waals surface area contributed by atoms with E-state index >= 15 is 0 Å². The van der Waals surface area contributed by atoms with E-state index in [0.717, 1.165) is 24.0 Å². The number of rotatable bonds is 6. The molecule has 0 radical (unpaired) electrons. The first-order chi connectivity index (χ1) is 11.7. The highest BCUT2D eigenvalue weighted by molar-refractivity contribution is 5.95. The summed E-state index contributed by atoms with van der Waals surface area (Å²) in [4.78, 5) is 14.6. The summed E-state index contributed by atoms with van der Waals surface area (Å²) >= 11 is 0. The van der Waals surface area contributed by atoms with Gasteiger partial charge in [-0.15, -0.1) is 0 Å². The predicted molar refractivity (Wildman–Crippen MR) is 99.7 cm³/mol. The van der Waals surface area contributed by atoms with Crippen molar-refractivity contribution in [2.75, 3.05) is 24.5 Å². The summed E-state index contributed by atoms with van der Waals surface area (Å²) in [6.45, 7) is 5.05. The third kappa shape index (κ3) is 4.16. The maximum atomic E-state index is 12.2. The molecule has 1 saturated heterocycles. The first kappa shape index (κ1) is 16.6. The van der Waals surface area contributed by atoms with Crippen molar-refractivity contribution in [3.8, 4) is 0 Å². The Labute approximate surface area is 144 Å². The van der Waals surface area contributed by atoms with E-state index in [0.29, 0.717) is 6.54 Å². The van der Waals surface area contributed by atoms with E-state index in [4.69, 9.17) is 0 Å². The summed E-state index contributed by atoms with van der Waals surface area (Å²) in [6, 6.07) is 16.6. The Balaban J connectivity index is 1.43. The number of nitrogens with one attached hydrogen (secondary N) is 1. The number of aryl methyl sites for hydroxylation is 2. The van der Waals surface area contributed by atoms with Gasteiger partial charge in [-0.3, -0.25) is 4.79 Å². The molecule has 3 heteroatoms. The van der Waals surface area contributed by atoms with E-state index in [1.54, 1.807) is 0 Å². The first-order valence-electron chi connectivity index (χ1n) is 8.92. The molecule has 0 atom stereocenters. The molecule has 0 saturated carbocycles. The molecular formula is C21H26N2O. The summed E-state index contributed by atoms with van der Waals surface area (Å²) in [5.41, 5.74) is 4.46. The number of hydrogen-bond acceptors (Lipinski definition) is 2. The Kier molecular flexibility index (Phi) is 5.52. The first-order valence-corrected chi connectivity index (χ1v) is 8.92.